The number of nitrogens with zero attached hydrogens (tertiary/aromatic N) is 1. The van der Waals surface area contributed by atoms with Crippen molar-refractivity contribution in [1.82, 2.24) is 0 Å². The molecule has 7 heteroatoms. The Labute approximate surface area is 144 Å². The summed E-state index contributed by atoms with van der Waals surface area (Å²) in [5, 5.41) is 0. The van der Waals surface area contributed by atoms with E-state index in [0.717, 1.165) is 24.0 Å². The maximum absolute atomic E-state index is 12.5. The van der Waals surface area contributed by atoms with Crippen LogP contribution in [0.1, 0.15) is 44.7 Å². The zero-order valence-corrected chi connectivity index (χ0v) is 15.4. The van der Waals surface area contributed by atoms with Gasteiger partial charge >= 0.3 is 0 Å². The van der Waals surface area contributed by atoms with Gasteiger partial charge in [-0.3, -0.25) is 14.2 Å². The van der Waals surface area contributed by atoms with Crippen LogP contribution in [0.4, 0.5) is 5.69 Å². The molecule has 24 heavy (non-hydrogen) atoms. The quantitative estimate of drug-likeness (QED) is 0.395. The second-order valence-electron chi connectivity index (χ2n) is 5.57. The van der Waals surface area contributed by atoms with Gasteiger partial charge < -0.3 is 4.74 Å². The average Bonchev–Trinajstić information content (AvgIpc) is 2.52. The number of para-hydroxylation sites is 1. The first-order valence-electron chi connectivity index (χ1n) is 8.28. The number of hydrogen-bond acceptors (Lipinski definition) is 4. The van der Waals surface area contributed by atoms with Crippen LogP contribution >= 0.6 is 0 Å². The van der Waals surface area contributed by atoms with Crippen LogP contribution in [0.5, 0.6) is 0 Å². The molecule has 0 heterocycles. The Morgan fingerprint density at radius 3 is 2.21 bits per heavy atom. The Kier molecular flexibility index (Phi) is 8.38. The van der Waals surface area contributed by atoms with E-state index in [1.807, 2.05) is 39.0 Å². The summed E-state index contributed by atoms with van der Waals surface area (Å²) in [5.41, 5.74) is 2.57. The Hall–Kier alpha value is -1.44. The number of benzene rings is 1. The monoisotopic (exact) mass is 357 g/mol. The minimum atomic E-state index is -4.40. The molecule has 136 valence electrons. The standard InChI is InChI=1S/C17H27NO5S/c1-4-7-11-23-13-18(16(19)12-24(20,21)22)17-14(5-2)9-8-10-15(17)6-3/h8-10H,4-7,11-13H2,1-3H3,(H,20,21,22). The number of carbonyl (C=O) groups excluding carboxylic acids is 1. The summed E-state index contributed by atoms with van der Waals surface area (Å²) in [6, 6.07) is 5.74. The van der Waals surface area contributed by atoms with Crippen LogP contribution in [0, 0.1) is 0 Å². The lowest BCUT2D eigenvalue weighted by Crippen LogP contribution is -2.38. The Morgan fingerprint density at radius 2 is 1.75 bits per heavy atom. The Bertz CT molecular complexity index is 620. The summed E-state index contributed by atoms with van der Waals surface area (Å²) in [7, 11) is -4.40. The number of anilines is 1. The van der Waals surface area contributed by atoms with E-state index < -0.39 is 21.8 Å². The van der Waals surface area contributed by atoms with Crippen molar-refractivity contribution in [3.63, 3.8) is 0 Å². The number of hydrogen-bond donors (Lipinski definition) is 1. The molecule has 0 aliphatic carbocycles. The number of amides is 1. The van der Waals surface area contributed by atoms with Gasteiger partial charge in [0.25, 0.3) is 10.1 Å². The van der Waals surface area contributed by atoms with Gasteiger partial charge in [0.05, 0.1) is 5.69 Å². The van der Waals surface area contributed by atoms with Crippen molar-refractivity contribution in [3.8, 4) is 0 Å². The predicted molar refractivity (Wildman–Crippen MR) is 94.8 cm³/mol. The molecule has 0 radical (unpaired) electrons. The topological polar surface area (TPSA) is 83.9 Å². The maximum atomic E-state index is 12.5. The molecule has 0 spiro atoms. The highest BCUT2D eigenvalue weighted by molar-refractivity contribution is 7.86. The fraction of sp³-hybridized carbons (Fsp3) is 0.588. The van der Waals surface area contributed by atoms with E-state index >= 15 is 0 Å². The van der Waals surface area contributed by atoms with Gasteiger partial charge in [0.15, 0.2) is 5.75 Å². The molecule has 0 saturated carbocycles. The summed E-state index contributed by atoms with van der Waals surface area (Å²) in [6.45, 7) is 6.44. The Morgan fingerprint density at radius 1 is 1.17 bits per heavy atom. The zero-order chi connectivity index (χ0) is 18.2. The highest BCUT2D eigenvalue weighted by atomic mass is 32.2. The highest BCUT2D eigenvalue weighted by Gasteiger charge is 2.25. The van der Waals surface area contributed by atoms with Crippen LogP contribution in [-0.4, -0.2) is 38.0 Å². The average molecular weight is 357 g/mol. The first-order valence-corrected chi connectivity index (χ1v) is 9.88. The fourth-order valence-electron chi connectivity index (χ4n) is 2.46. The van der Waals surface area contributed by atoms with Crippen molar-refractivity contribution < 1.29 is 22.5 Å². The predicted octanol–water partition coefficient (Wildman–Crippen LogP) is 2.81. The van der Waals surface area contributed by atoms with Crippen LogP contribution in [0.25, 0.3) is 0 Å². The van der Waals surface area contributed by atoms with Crippen LogP contribution in [0.2, 0.25) is 0 Å². The molecule has 1 rings (SSSR count). The Balaban J connectivity index is 3.19. The second kappa shape index (κ2) is 9.76. The molecule has 1 aromatic rings. The second-order valence-corrected chi connectivity index (χ2v) is 7.02. The van der Waals surface area contributed by atoms with E-state index in [1.165, 1.54) is 4.90 Å². The molecular weight excluding hydrogens is 330 g/mol. The van der Waals surface area contributed by atoms with Crippen LogP contribution in [0.3, 0.4) is 0 Å². The molecule has 0 atom stereocenters. The van der Waals surface area contributed by atoms with Gasteiger partial charge in [-0.05, 0) is 30.4 Å². The lowest BCUT2D eigenvalue weighted by molar-refractivity contribution is -0.117. The van der Waals surface area contributed by atoms with Gasteiger partial charge in [-0.1, -0.05) is 45.4 Å². The van der Waals surface area contributed by atoms with Gasteiger partial charge in [-0.2, -0.15) is 8.42 Å². The van der Waals surface area contributed by atoms with E-state index in [0.29, 0.717) is 25.1 Å². The van der Waals surface area contributed by atoms with Crippen molar-refractivity contribution in [2.75, 3.05) is 24.0 Å². The van der Waals surface area contributed by atoms with Crippen LogP contribution in [-0.2, 0) is 32.5 Å². The van der Waals surface area contributed by atoms with Crippen LogP contribution < -0.4 is 4.90 Å². The van der Waals surface area contributed by atoms with Crippen molar-refractivity contribution in [3.05, 3.63) is 29.3 Å². The van der Waals surface area contributed by atoms with E-state index in [-0.39, 0.29) is 6.73 Å². The molecule has 1 N–H and O–H groups in total. The fourth-order valence-corrected chi connectivity index (χ4v) is 2.93. The first-order chi connectivity index (χ1) is 11.3. The molecule has 1 aromatic carbocycles. The third kappa shape index (κ3) is 6.22. The molecule has 0 aromatic heterocycles. The maximum Gasteiger partial charge on any atom is 0.274 e. The smallest absolute Gasteiger partial charge is 0.274 e. The third-order valence-electron chi connectivity index (χ3n) is 3.70. The molecule has 0 bridgehead atoms. The molecule has 6 nitrogen and oxygen atoms in total. The van der Waals surface area contributed by atoms with Gasteiger partial charge in [0.1, 0.15) is 6.73 Å². The van der Waals surface area contributed by atoms with E-state index in [2.05, 4.69) is 0 Å². The molecule has 0 unspecified atom stereocenters. The molecule has 0 aliphatic rings. The number of aryl methyl sites for hydroxylation is 2. The molecule has 0 aliphatic heterocycles. The van der Waals surface area contributed by atoms with Crippen molar-refractivity contribution in [2.24, 2.45) is 0 Å². The highest BCUT2D eigenvalue weighted by Crippen LogP contribution is 2.27. The first kappa shape index (κ1) is 20.6. The van der Waals surface area contributed by atoms with Crippen molar-refractivity contribution >= 4 is 21.7 Å². The number of carbonyl (C=O) groups is 1. The van der Waals surface area contributed by atoms with Crippen LogP contribution in [0.15, 0.2) is 18.2 Å². The summed E-state index contributed by atoms with van der Waals surface area (Å²) < 4.78 is 36.8. The normalized spacial score (nSPS) is 11.5. The van der Waals surface area contributed by atoms with Gasteiger partial charge in [-0.15, -0.1) is 0 Å². The summed E-state index contributed by atoms with van der Waals surface area (Å²) in [4.78, 5) is 13.8. The van der Waals surface area contributed by atoms with Gasteiger partial charge in [0.2, 0.25) is 5.91 Å². The minimum Gasteiger partial charge on any atom is -0.361 e. The van der Waals surface area contributed by atoms with Gasteiger partial charge in [0, 0.05) is 6.61 Å². The lowest BCUT2D eigenvalue weighted by atomic mass is 10.0. The summed E-state index contributed by atoms with van der Waals surface area (Å²) >= 11 is 0. The minimum absolute atomic E-state index is 0.0294. The van der Waals surface area contributed by atoms with Gasteiger partial charge in [-0.25, -0.2) is 0 Å². The number of rotatable bonds is 10. The largest absolute Gasteiger partial charge is 0.361 e. The molecule has 0 saturated heterocycles. The summed E-state index contributed by atoms with van der Waals surface area (Å²) in [6.07, 6.45) is 3.22. The van der Waals surface area contributed by atoms with Crippen molar-refractivity contribution in [2.45, 2.75) is 46.5 Å². The van der Waals surface area contributed by atoms with E-state index in [9.17, 15) is 13.2 Å². The zero-order valence-electron chi connectivity index (χ0n) is 14.6. The summed E-state index contributed by atoms with van der Waals surface area (Å²) in [5.74, 6) is -1.64. The van der Waals surface area contributed by atoms with Crippen molar-refractivity contribution in [1.29, 1.82) is 0 Å². The van der Waals surface area contributed by atoms with E-state index in [1.54, 1.807) is 0 Å². The molecule has 0 fully saturated rings. The number of ether oxygens (including phenoxy) is 1. The number of unbranched alkanes of at least 4 members (excludes halogenated alkanes) is 1. The SMILES string of the molecule is CCCCOCN(C(=O)CS(=O)(=O)O)c1c(CC)cccc1CC. The molecule has 1 amide bonds. The molecular formula is C17H27NO5S. The lowest BCUT2D eigenvalue weighted by Gasteiger charge is -2.27. The third-order valence-corrected chi connectivity index (χ3v) is 4.32. The van der Waals surface area contributed by atoms with E-state index in [4.69, 9.17) is 9.29 Å².